The minimum absolute atomic E-state index is 0.659. The predicted molar refractivity (Wildman–Crippen MR) is 282 cm³/mol. The van der Waals surface area contributed by atoms with Crippen LogP contribution in [0.5, 0.6) is 0 Å². The van der Waals surface area contributed by atoms with Gasteiger partial charge >= 0.3 is 0 Å². The van der Waals surface area contributed by atoms with Crippen LogP contribution >= 0.6 is 0 Å². The molecule has 0 fully saturated rings. The second-order valence-electron chi connectivity index (χ2n) is 17.1. The molecular formula is C64H42N4. The summed E-state index contributed by atoms with van der Waals surface area (Å²) < 4.78 is 0. The lowest BCUT2D eigenvalue weighted by Crippen LogP contribution is -1.97. The lowest BCUT2D eigenvalue weighted by atomic mass is 9.92. The minimum Gasteiger partial charge on any atom is -0.248 e. The van der Waals surface area contributed by atoms with Crippen LogP contribution < -0.4 is 0 Å². The Labute approximate surface area is 395 Å². The normalized spacial score (nSPS) is 11.2. The first-order valence-corrected chi connectivity index (χ1v) is 22.9. The van der Waals surface area contributed by atoms with Gasteiger partial charge in [0.05, 0.1) is 34.2 Å². The summed E-state index contributed by atoms with van der Waals surface area (Å²) >= 11 is 0. The Bertz CT molecular complexity index is 3420. The molecule has 0 aliphatic heterocycles. The molecule has 0 saturated carbocycles. The van der Waals surface area contributed by atoms with Crippen LogP contribution in [0.2, 0.25) is 0 Å². The molecule has 0 bridgehead atoms. The molecule has 318 valence electrons. The summed E-state index contributed by atoms with van der Waals surface area (Å²) in [4.78, 5) is 21.3. The summed E-state index contributed by atoms with van der Waals surface area (Å²) in [7, 11) is 0. The molecule has 0 radical (unpaired) electrons. The first-order chi connectivity index (χ1) is 33.6. The zero-order valence-corrected chi connectivity index (χ0v) is 37.0. The van der Waals surface area contributed by atoms with E-state index in [1.807, 2.05) is 24.3 Å². The van der Waals surface area contributed by atoms with E-state index in [1.54, 1.807) is 0 Å². The maximum atomic E-state index is 5.46. The second kappa shape index (κ2) is 17.7. The molecule has 0 spiro atoms. The molecule has 12 aromatic rings. The Kier molecular flexibility index (Phi) is 10.5. The number of rotatable bonds is 9. The zero-order valence-electron chi connectivity index (χ0n) is 37.0. The smallest absolute Gasteiger partial charge is 0.160 e. The van der Waals surface area contributed by atoms with Crippen molar-refractivity contribution < 1.29 is 0 Å². The first-order valence-electron chi connectivity index (χ1n) is 22.9. The number of hydrogen-bond donors (Lipinski definition) is 0. The fourth-order valence-electron chi connectivity index (χ4n) is 9.08. The van der Waals surface area contributed by atoms with E-state index >= 15 is 0 Å². The highest BCUT2D eigenvalue weighted by Crippen LogP contribution is 2.39. The standard InChI is InChI=1S/C64H42N4/c1-5-19-45(20-6-1)58-38-55(39-59(65-58)46-21-7-2-8-22-46)53-35-54(56-40-60(47-23-9-3-10-24-47)66-61(41-56)48-25-11-4-12-26-48)37-57(36-53)63-42-62(51-31-29-43-17-13-15-27-49(43)33-51)67-64(68-63)52-32-30-44-18-14-16-28-50(44)34-52/h1-42H. The molecule has 3 heterocycles. The summed E-state index contributed by atoms with van der Waals surface area (Å²) in [6.45, 7) is 0. The Morgan fingerprint density at radius 3 is 0.897 bits per heavy atom. The SMILES string of the molecule is c1ccc(-c2cc(-c3cc(-c4cc(-c5ccccc5)nc(-c5ccccc5)c4)cc(-c4cc(-c5ccc6ccccc6c5)nc(-c5ccc6ccccc6c5)n4)c3)cc(-c3ccccc3)n2)cc1. The highest BCUT2D eigenvalue weighted by molar-refractivity contribution is 5.91. The van der Waals surface area contributed by atoms with Gasteiger partial charge in [0.1, 0.15) is 0 Å². The van der Waals surface area contributed by atoms with Crippen molar-refractivity contribution in [2.45, 2.75) is 0 Å². The number of fused-ring (bicyclic) bond motifs is 2. The molecule has 0 aliphatic carbocycles. The quantitative estimate of drug-likeness (QED) is 0.145. The molecule has 0 aliphatic rings. The molecule has 3 aromatic heterocycles. The van der Waals surface area contributed by atoms with Crippen molar-refractivity contribution in [1.29, 1.82) is 0 Å². The Morgan fingerprint density at radius 1 is 0.162 bits per heavy atom. The summed E-state index contributed by atoms with van der Waals surface area (Å²) in [6.07, 6.45) is 0. The van der Waals surface area contributed by atoms with E-state index in [9.17, 15) is 0 Å². The van der Waals surface area contributed by atoms with Crippen LogP contribution in [0.1, 0.15) is 0 Å². The molecular weight excluding hydrogens is 825 g/mol. The van der Waals surface area contributed by atoms with Crippen LogP contribution in [0.15, 0.2) is 255 Å². The van der Waals surface area contributed by atoms with Crippen molar-refractivity contribution in [2.24, 2.45) is 0 Å². The van der Waals surface area contributed by atoms with Crippen LogP contribution in [-0.2, 0) is 0 Å². The van der Waals surface area contributed by atoms with Gasteiger partial charge in [-0.25, -0.2) is 19.9 Å². The number of hydrogen-bond acceptors (Lipinski definition) is 4. The van der Waals surface area contributed by atoms with Crippen LogP contribution in [0, 0.1) is 0 Å². The molecule has 68 heavy (non-hydrogen) atoms. The third-order valence-corrected chi connectivity index (χ3v) is 12.6. The topological polar surface area (TPSA) is 51.6 Å². The second-order valence-corrected chi connectivity index (χ2v) is 17.1. The third-order valence-electron chi connectivity index (χ3n) is 12.6. The fraction of sp³-hybridized carbons (Fsp3) is 0. The van der Waals surface area contributed by atoms with E-state index in [1.165, 1.54) is 10.8 Å². The largest absolute Gasteiger partial charge is 0.248 e. The molecule has 0 atom stereocenters. The Balaban J connectivity index is 1.12. The summed E-state index contributed by atoms with van der Waals surface area (Å²) in [5.74, 6) is 0.659. The maximum Gasteiger partial charge on any atom is 0.160 e. The van der Waals surface area contributed by atoms with Crippen LogP contribution in [-0.4, -0.2) is 19.9 Å². The van der Waals surface area contributed by atoms with Crippen molar-refractivity contribution in [3.8, 4) is 101 Å². The van der Waals surface area contributed by atoms with Crippen LogP contribution in [0.3, 0.4) is 0 Å². The Hall–Kier alpha value is -9.12. The van der Waals surface area contributed by atoms with E-state index in [0.29, 0.717) is 5.82 Å². The fourth-order valence-corrected chi connectivity index (χ4v) is 9.08. The van der Waals surface area contributed by atoms with E-state index in [0.717, 1.165) is 106 Å². The van der Waals surface area contributed by atoms with Gasteiger partial charge < -0.3 is 0 Å². The highest BCUT2D eigenvalue weighted by atomic mass is 14.9. The van der Waals surface area contributed by atoms with Crippen molar-refractivity contribution in [3.63, 3.8) is 0 Å². The number of aromatic nitrogens is 4. The average Bonchev–Trinajstić information content (AvgIpc) is 3.43. The van der Waals surface area contributed by atoms with Crippen molar-refractivity contribution in [2.75, 3.05) is 0 Å². The van der Waals surface area contributed by atoms with E-state index in [2.05, 4.69) is 231 Å². The zero-order chi connectivity index (χ0) is 45.2. The molecule has 12 rings (SSSR count). The Morgan fingerprint density at radius 2 is 0.471 bits per heavy atom. The monoisotopic (exact) mass is 866 g/mol. The van der Waals surface area contributed by atoms with E-state index in [4.69, 9.17) is 19.9 Å². The van der Waals surface area contributed by atoms with Crippen molar-refractivity contribution in [3.05, 3.63) is 255 Å². The number of pyridine rings is 2. The molecule has 0 saturated heterocycles. The molecule has 0 amide bonds. The molecule has 4 heteroatoms. The van der Waals surface area contributed by atoms with Gasteiger partial charge in [0.15, 0.2) is 5.82 Å². The van der Waals surface area contributed by atoms with Gasteiger partial charge in [0.25, 0.3) is 0 Å². The van der Waals surface area contributed by atoms with Gasteiger partial charge in [-0.1, -0.05) is 194 Å². The molecule has 4 nitrogen and oxygen atoms in total. The summed E-state index contributed by atoms with van der Waals surface area (Å²) in [5, 5.41) is 4.65. The summed E-state index contributed by atoms with van der Waals surface area (Å²) in [5.41, 5.74) is 16.5. The number of benzene rings is 9. The summed E-state index contributed by atoms with van der Waals surface area (Å²) in [6, 6.07) is 89.5. The molecule has 0 N–H and O–H groups in total. The van der Waals surface area contributed by atoms with Crippen molar-refractivity contribution >= 4 is 21.5 Å². The average molecular weight is 867 g/mol. The van der Waals surface area contributed by atoms with Gasteiger partial charge in [-0.2, -0.15) is 0 Å². The van der Waals surface area contributed by atoms with Crippen molar-refractivity contribution in [1.82, 2.24) is 19.9 Å². The van der Waals surface area contributed by atoms with Gasteiger partial charge in [-0.15, -0.1) is 0 Å². The lowest BCUT2D eigenvalue weighted by molar-refractivity contribution is 1.18. The van der Waals surface area contributed by atoms with Crippen LogP contribution in [0.25, 0.3) is 123 Å². The first kappa shape index (κ1) is 40.4. The third kappa shape index (κ3) is 8.23. The van der Waals surface area contributed by atoms with E-state index < -0.39 is 0 Å². The van der Waals surface area contributed by atoms with Gasteiger partial charge in [0.2, 0.25) is 0 Å². The van der Waals surface area contributed by atoms with Gasteiger partial charge in [0, 0.05) is 38.9 Å². The number of nitrogens with zero attached hydrogens (tertiary/aromatic N) is 4. The molecule has 0 unspecified atom stereocenters. The highest BCUT2D eigenvalue weighted by Gasteiger charge is 2.18. The maximum absolute atomic E-state index is 5.46. The lowest BCUT2D eigenvalue weighted by Gasteiger charge is -2.16. The minimum atomic E-state index is 0.659. The van der Waals surface area contributed by atoms with Crippen LogP contribution in [0.4, 0.5) is 0 Å². The predicted octanol–water partition coefficient (Wildman–Crippen LogP) is 16.6. The van der Waals surface area contributed by atoms with E-state index in [-0.39, 0.29) is 0 Å². The van der Waals surface area contributed by atoms with Gasteiger partial charge in [-0.05, 0) is 104 Å². The molecule has 9 aromatic carbocycles. The van der Waals surface area contributed by atoms with Gasteiger partial charge in [-0.3, -0.25) is 0 Å².